The minimum Gasteiger partial charge on any atom is -0.374 e. The van der Waals surface area contributed by atoms with Crippen molar-refractivity contribution in [3.05, 3.63) is 29.6 Å². The average Bonchev–Trinajstić information content (AvgIpc) is 2.47. The molecule has 0 aliphatic heterocycles. The van der Waals surface area contributed by atoms with Crippen molar-refractivity contribution < 1.29 is 4.74 Å². The SMILES string of the molecule is CCN(CC)CCOCc1cccc(CNCC(C)C)n1. The Bertz CT molecular complexity index is 378. The third kappa shape index (κ3) is 8.15. The molecule has 0 saturated heterocycles. The van der Waals surface area contributed by atoms with E-state index >= 15 is 0 Å². The number of nitrogens with one attached hydrogen (secondary N) is 1. The molecule has 1 aromatic heterocycles. The molecule has 0 atom stereocenters. The Morgan fingerprint density at radius 3 is 2.57 bits per heavy atom. The van der Waals surface area contributed by atoms with Crippen molar-refractivity contribution in [1.82, 2.24) is 15.2 Å². The van der Waals surface area contributed by atoms with Crippen molar-refractivity contribution in [2.45, 2.75) is 40.8 Å². The van der Waals surface area contributed by atoms with Crippen molar-refractivity contribution in [2.24, 2.45) is 5.92 Å². The van der Waals surface area contributed by atoms with E-state index in [4.69, 9.17) is 4.74 Å². The molecule has 0 unspecified atom stereocenters. The number of ether oxygens (including phenoxy) is 1. The maximum absolute atomic E-state index is 5.73. The van der Waals surface area contributed by atoms with Crippen LogP contribution in [-0.2, 0) is 17.9 Å². The van der Waals surface area contributed by atoms with Gasteiger partial charge < -0.3 is 15.0 Å². The zero-order chi connectivity index (χ0) is 15.5. The van der Waals surface area contributed by atoms with E-state index in [0.717, 1.165) is 50.7 Å². The van der Waals surface area contributed by atoms with Gasteiger partial charge in [-0.1, -0.05) is 33.8 Å². The second-order valence-corrected chi connectivity index (χ2v) is 5.72. The molecule has 4 nitrogen and oxygen atoms in total. The number of hydrogen-bond donors (Lipinski definition) is 1. The van der Waals surface area contributed by atoms with Crippen LogP contribution in [0.5, 0.6) is 0 Å². The first-order chi connectivity index (χ1) is 10.2. The standard InChI is InChI=1S/C17H31N3O/c1-5-20(6-2)10-11-21-14-17-9-7-8-16(19-17)13-18-12-15(3)4/h7-9,15,18H,5-6,10-14H2,1-4H3. The quantitative estimate of drug-likeness (QED) is 0.637. The van der Waals surface area contributed by atoms with Crippen LogP contribution in [0.3, 0.4) is 0 Å². The van der Waals surface area contributed by atoms with Crippen LogP contribution in [0.2, 0.25) is 0 Å². The van der Waals surface area contributed by atoms with Crippen LogP contribution in [0, 0.1) is 5.92 Å². The highest BCUT2D eigenvalue weighted by Crippen LogP contribution is 2.02. The van der Waals surface area contributed by atoms with Gasteiger partial charge >= 0.3 is 0 Å². The van der Waals surface area contributed by atoms with E-state index in [1.165, 1.54) is 0 Å². The molecule has 0 bridgehead atoms. The Morgan fingerprint density at radius 1 is 1.19 bits per heavy atom. The Hall–Kier alpha value is -0.970. The van der Waals surface area contributed by atoms with Gasteiger partial charge in [0, 0.05) is 13.1 Å². The molecule has 1 rings (SSSR count). The molecule has 0 spiro atoms. The van der Waals surface area contributed by atoms with Crippen molar-refractivity contribution >= 4 is 0 Å². The maximum Gasteiger partial charge on any atom is 0.0888 e. The number of nitrogens with zero attached hydrogens (tertiary/aromatic N) is 2. The summed E-state index contributed by atoms with van der Waals surface area (Å²) in [6.07, 6.45) is 0. The molecule has 0 aliphatic rings. The molecule has 1 N–H and O–H groups in total. The van der Waals surface area contributed by atoms with Crippen LogP contribution < -0.4 is 5.32 Å². The first-order valence-corrected chi connectivity index (χ1v) is 8.11. The van der Waals surface area contributed by atoms with Gasteiger partial charge in [-0.3, -0.25) is 4.98 Å². The molecule has 120 valence electrons. The zero-order valence-electron chi connectivity index (χ0n) is 14.1. The van der Waals surface area contributed by atoms with Gasteiger partial charge in [0.1, 0.15) is 0 Å². The lowest BCUT2D eigenvalue weighted by Gasteiger charge is -2.17. The third-order valence-corrected chi connectivity index (χ3v) is 3.42. The van der Waals surface area contributed by atoms with Gasteiger partial charge in [-0.25, -0.2) is 0 Å². The molecule has 0 fully saturated rings. The lowest BCUT2D eigenvalue weighted by Crippen LogP contribution is -2.27. The topological polar surface area (TPSA) is 37.4 Å². The van der Waals surface area contributed by atoms with Crippen LogP contribution in [-0.4, -0.2) is 42.7 Å². The van der Waals surface area contributed by atoms with E-state index in [9.17, 15) is 0 Å². The van der Waals surface area contributed by atoms with E-state index in [1.807, 2.05) is 6.07 Å². The van der Waals surface area contributed by atoms with Gasteiger partial charge in [0.05, 0.1) is 24.6 Å². The van der Waals surface area contributed by atoms with Crippen LogP contribution >= 0.6 is 0 Å². The molecule has 1 heterocycles. The van der Waals surface area contributed by atoms with Gasteiger partial charge in [-0.15, -0.1) is 0 Å². The smallest absolute Gasteiger partial charge is 0.0888 e. The molecule has 0 amide bonds. The third-order valence-electron chi connectivity index (χ3n) is 3.42. The van der Waals surface area contributed by atoms with E-state index in [-0.39, 0.29) is 0 Å². The summed E-state index contributed by atoms with van der Waals surface area (Å²) in [5, 5.41) is 3.42. The summed E-state index contributed by atoms with van der Waals surface area (Å²) < 4.78 is 5.73. The van der Waals surface area contributed by atoms with E-state index in [2.05, 4.69) is 55.0 Å². The Labute approximate surface area is 129 Å². The molecule has 1 aromatic rings. The van der Waals surface area contributed by atoms with Gasteiger partial charge in [-0.2, -0.15) is 0 Å². The highest BCUT2D eigenvalue weighted by atomic mass is 16.5. The summed E-state index contributed by atoms with van der Waals surface area (Å²) in [5.74, 6) is 0.664. The predicted octanol–water partition coefficient (Wildman–Crippen LogP) is 2.69. The second-order valence-electron chi connectivity index (χ2n) is 5.72. The Kier molecular flexibility index (Phi) is 9.22. The van der Waals surface area contributed by atoms with Crippen LogP contribution in [0.15, 0.2) is 18.2 Å². The average molecular weight is 293 g/mol. The van der Waals surface area contributed by atoms with Gasteiger partial charge in [0.15, 0.2) is 0 Å². The summed E-state index contributed by atoms with van der Waals surface area (Å²) in [7, 11) is 0. The largest absolute Gasteiger partial charge is 0.374 e. The Balaban J connectivity index is 2.28. The molecular weight excluding hydrogens is 262 g/mol. The molecular formula is C17H31N3O. The van der Waals surface area contributed by atoms with Gasteiger partial charge in [0.25, 0.3) is 0 Å². The lowest BCUT2D eigenvalue weighted by atomic mass is 10.2. The monoisotopic (exact) mass is 293 g/mol. The van der Waals surface area contributed by atoms with Crippen LogP contribution in [0.4, 0.5) is 0 Å². The predicted molar refractivity (Wildman–Crippen MR) is 88.2 cm³/mol. The zero-order valence-corrected chi connectivity index (χ0v) is 14.1. The second kappa shape index (κ2) is 10.7. The summed E-state index contributed by atoms with van der Waals surface area (Å²) in [6.45, 7) is 15.1. The van der Waals surface area contributed by atoms with Crippen LogP contribution in [0.1, 0.15) is 39.1 Å². The number of pyridine rings is 1. The molecule has 0 radical (unpaired) electrons. The normalized spacial score (nSPS) is 11.5. The number of hydrogen-bond acceptors (Lipinski definition) is 4. The first-order valence-electron chi connectivity index (χ1n) is 8.11. The highest BCUT2D eigenvalue weighted by Gasteiger charge is 2.01. The fourth-order valence-electron chi connectivity index (χ4n) is 2.11. The van der Waals surface area contributed by atoms with Crippen molar-refractivity contribution in [3.8, 4) is 0 Å². The highest BCUT2D eigenvalue weighted by molar-refractivity contribution is 5.10. The van der Waals surface area contributed by atoms with Gasteiger partial charge in [-0.05, 0) is 37.7 Å². The van der Waals surface area contributed by atoms with Crippen molar-refractivity contribution in [1.29, 1.82) is 0 Å². The molecule has 0 aliphatic carbocycles. The number of rotatable bonds is 11. The summed E-state index contributed by atoms with van der Waals surface area (Å²) >= 11 is 0. The van der Waals surface area contributed by atoms with E-state index in [1.54, 1.807) is 0 Å². The minimum atomic E-state index is 0.597. The lowest BCUT2D eigenvalue weighted by molar-refractivity contribution is 0.0935. The summed E-state index contributed by atoms with van der Waals surface area (Å²) in [5.41, 5.74) is 2.10. The van der Waals surface area contributed by atoms with Gasteiger partial charge in [0.2, 0.25) is 0 Å². The van der Waals surface area contributed by atoms with E-state index < -0.39 is 0 Å². The first kappa shape index (κ1) is 18.1. The Morgan fingerprint density at radius 2 is 1.90 bits per heavy atom. The number of aromatic nitrogens is 1. The molecule has 21 heavy (non-hydrogen) atoms. The molecule has 0 aromatic carbocycles. The summed E-state index contributed by atoms with van der Waals surface area (Å²) in [6, 6.07) is 6.15. The fraction of sp³-hybridized carbons (Fsp3) is 0.706. The van der Waals surface area contributed by atoms with Crippen molar-refractivity contribution in [3.63, 3.8) is 0 Å². The molecule has 0 saturated carbocycles. The van der Waals surface area contributed by atoms with Crippen LogP contribution in [0.25, 0.3) is 0 Å². The number of likely N-dealkylation sites (N-methyl/N-ethyl adjacent to an activating group) is 1. The molecule has 4 heteroatoms. The minimum absolute atomic E-state index is 0.597. The van der Waals surface area contributed by atoms with E-state index in [0.29, 0.717) is 12.5 Å². The fourth-order valence-corrected chi connectivity index (χ4v) is 2.11. The van der Waals surface area contributed by atoms with Crippen molar-refractivity contribution in [2.75, 3.05) is 32.8 Å². The maximum atomic E-state index is 5.73. The summed E-state index contributed by atoms with van der Waals surface area (Å²) in [4.78, 5) is 6.99.